The van der Waals surface area contributed by atoms with E-state index in [9.17, 15) is 9.18 Å². The molecule has 0 saturated carbocycles. The molecule has 2 aliphatic heterocycles. The molecule has 120 valence electrons. The van der Waals surface area contributed by atoms with Crippen molar-refractivity contribution in [2.75, 3.05) is 6.54 Å². The van der Waals surface area contributed by atoms with Gasteiger partial charge in [-0.1, -0.05) is 12.1 Å². The number of benzene rings is 1. The summed E-state index contributed by atoms with van der Waals surface area (Å²) in [7, 11) is 0. The molecule has 1 aromatic rings. The summed E-state index contributed by atoms with van der Waals surface area (Å²) < 4.78 is 14.7. The highest BCUT2D eigenvalue weighted by Crippen LogP contribution is 2.25. The zero-order valence-corrected chi connectivity index (χ0v) is 14.4. The molecule has 0 N–H and O–H groups in total. The first-order chi connectivity index (χ1) is 11.1. The molecule has 23 heavy (non-hydrogen) atoms. The molecule has 0 spiro atoms. The molecule has 0 atom stereocenters. The Morgan fingerprint density at radius 2 is 1.91 bits per heavy atom. The van der Waals surface area contributed by atoms with E-state index in [-0.39, 0.29) is 11.6 Å². The van der Waals surface area contributed by atoms with Crippen LogP contribution in [-0.2, 0) is 11.2 Å². The van der Waals surface area contributed by atoms with E-state index in [4.69, 9.17) is 0 Å². The largest absolute Gasteiger partial charge is 0.311 e. The lowest BCUT2D eigenvalue weighted by atomic mass is 9.95. The second-order valence-electron chi connectivity index (χ2n) is 5.85. The van der Waals surface area contributed by atoms with Crippen LogP contribution in [0.1, 0.15) is 31.2 Å². The van der Waals surface area contributed by atoms with E-state index in [0.29, 0.717) is 13.0 Å². The van der Waals surface area contributed by atoms with Crippen LogP contribution in [0.5, 0.6) is 0 Å². The maximum atomic E-state index is 12.9. The van der Waals surface area contributed by atoms with E-state index >= 15 is 0 Å². The molecule has 2 heterocycles. The second kappa shape index (κ2) is 7.21. The number of unbranched alkanes of at least 4 members (excludes halogenated alkanes) is 1. The number of hydrogen-bond donors (Lipinski definition) is 0. The van der Waals surface area contributed by atoms with Gasteiger partial charge < -0.3 is 3.93 Å². The van der Waals surface area contributed by atoms with Gasteiger partial charge in [0.25, 0.3) is 0 Å². The smallest absolute Gasteiger partial charge is 0.168 e. The van der Waals surface area contributed by atoms with Crippen molar-refractivity contribution in [3.05, 3.63) is 59.2 Å². The Hall–Kier alpha value is -1.75. The predicted octanol–water partition coefficient (Wildman–Crippen LogP) is 4.35. The summed E-state index contributed by atoms with van der Waals surface area (Å²) in [6.07, 6.45) is 7.96. The van der Waals surface area contributed by atoms with E-state index in [0.717, 1.165) is 48.2 Å². The van der Waals surface area contributed by atoms with Gasteiger partial charge in [0.15, 0.2) is 5.78 Å². The zero-order chi connectivity index (χ0) is 16.2. The zero-order valence-electron chi connectivity index (χ0n) is 12.8. The fraction of sp³-hybridized carbons (Fsp3) is 0.333. The van der Waals surface area contributed by atoms with Crippen molar-refractivity contribution in [3.8, 4) is 0 Å². The number of halogens is 2. The molecule has 0 radical (unpaired) electrons. The first kappa shape index (κ1) is 16.1. The molecular weight excluding hydrogens is 359 g/mol. The molecule has 0 unspecified atom stereocenters. The van der Waals surface area contributed by atoms with Crippen LogP contribution in [0.4, 0.5) is 4.39 Å². The van der Waals surface area contributed by atoms with E-state index < -0.39 is 0 Å². The summed E-state index contributed by atoms with van der Waals surface area (Å²) in [6, 6.07) is 6.64. The SMILES string of the molecule is O=C1CC(CCCCc2ccc(F)cc2)=NC2=C1CN(Br)C=C2. The molecule has 0 amide bonds. The van der Waals surface area contributed by atoms with Gasteiger partial charge in [-0.25, -0.2) is 4.39 Å². The Morgan fingerprint density at radius 3 is 2.70 bits per heavy atom. The van der Waals surface area contributed by atoms with Crippen LogP contribution < -0.4 is 0 Å². The normalized spacial score (nSPS) is 17.4. The highest BCUT2D eigenvalue weighted by Gasteiger charge is 2.24. The number of carbonyl (C=O) groups is 1. The first-order valence-electron chi connectivity index (χ1n) is 7.79. The minimum Gasteiger partial charge on any atom is -0.311 e. The fourth-order valence-corrected chi connectivity index (χ4v) is 3.20. The standard InChI is InChI=1S/C18H18BrFN2O/c19-22-10-9-17-16(12-22)18(23)11-15(21-17)4-2-1-3-13-5-7-14(20)8-6-13/h5-10H,1-4,11-12H2. The summed E-state index contributed by atoms with van der Waals surface area (Å²) in [5.74, 6) is -0.0205. The van der Waals surface area contributed by atoms with Gasteiger partial charge in [0, 0.05) is 40.1 Å². The molecule has 1 aromatic carbocycles. The van der Waals surface area contributed by atoms with Gasteiger partial charge >= 0.3 is 0 Å². The molecule has 3 nitrogen and oxygen atoms in total. The van der Waals surface area contributed by atoms with Crippen molar-refractivity contribution in [1.82, 2.24) is 3.93 Å². The number of nitrogens with zero attached hydrogens (tertiary/aromatic N) is 2. The van der Waals surface area contributed by atoms with E-state index in [1.807, 2.05) is 28.3 Å². The lowest BCUT2D eigenvalue weighted by Crippen LogP contribution is -2.25. The average molecular weight is 377 g/mol. The molecule has 0 fully saturated rings. The number of allylic oxidation sites excluding steroid dienone is 1. The van der Waals surface area contributed by atoms with Gasteiger partial charge in [0.2, 0.25) is 0 Å². The lowest BCUT2D eigenvalue weighted by Gasteiger charge is -2.23. The van der Waals surface area contributed by atoms with Crippen LogP contribution in [0.3, 0.4) is 0 Å². The molecular formula is C18H18BrFN2O. The van der Waals surface area contributed by atoms with Gasteiger partial charge in [-0.05, 0) is 49.5 Å². The Labute approximate surface area is 143 Å². The van der Waals surface area contributed by atoms with Crippen molar-refractivity contribution < 1.29 is 9.18 Å². The third kappa shape index (κ3) is 4.16. The number of carbonyl (C=O) groups excluding carboxylic acids is 1. The first-order valence-corrected chi connectivity index (χ1v) is 8.50. The monoisotopic (exact) mass is 376 g/mol. The maximum absolute atomic E-state index is 12.9. The number of rotatable bonds is 5. The molecule has 3 rings (SSSR count). The molecule has 5 heteroatoms. The minimum atomic E-state index is -0.199. The number of aliphatic imine (C=N–C) groups is 1. The number of hydrogen-bond acceptors (Lipinski definition) is 3. The maximum Gasteiger partial charge on any atom is 0.168 e. The predicted molar refractivity (Wildman–Crippen MR) is 92.8 cm³/mol. The van der Waals surface area contributed by atoms with E-state index in [2.05, 4.69) is 21.1 Å². The molecule has 0 aromatic heterocycles. The third-order valence-corrected chi connectivity index (χ3v) is 4.57. The Bertz CT molecular complexity index is 691. The Kier molecular flexibility index (Phi) is 5.06. The molecule has 2 aliphatic rings. The summed E-state index contributed by atoms with van der Waals surface area (Å²) in [5, 5.41) is 0. The molecule has 0 saturated heterocycles. The van der Waals surface area contributed by atoms with Crippen LogP contribution >= 0.6 is 16.1 Å². The van der Waals surface area contributed by atoms with Crippen molar-refractivity contribution in [2.24, 2.45) is 4.99 Å². The van der Waals surface area contributed by atoms with Gasteiger partial charge in [0.05, 0.1) is 12.2 Å². The van der Waals surface area contributed by atoms with Crippen LogP contribution in [0.25, 0.3) is 0 Å². The minimum absolute atomic E-state index is 0.178. The van der Waals surface area contributed by atoms with E-state index in [1.165, 1.54) is 12.1 Å². The summed E-state index contributed by atoms with van der Waals surface area (Å²) in [4.78, 5) is 16.9. The van der Waals surface area contributed by atoms with Crippen molar-refractivity contribution >= 4 is 27.6 Å². The fourth-order valence-electron chi connectivity index (χ4n) is 2.83. The molecule has 0 bridgehead atoms. The number of ketones is 1. The summed E-state index contributed by atoms with van der Waals surface area (Å²) >= 11 is 3.36. The number of aryl methyl sites for hydroxylation is 1. The van der Waals surface area contributed by atoms with Gasteiger partial charge in [-0.3, -0.25) is 9.79 Å². The van der Waals surface area contributed by atoms with Crippen LogP contribution in [0, 0.1) is 5.82 Å². The second-order valence-corrected chi connectivity index (χ2v) is 6.76. The number of Topliss-reactive ketones (excluding diaryl/α,β-unsaturated/α-hetero) is 1. The molecule has 0 aliphatic carbocycles. The summed E-state index contributed by atoms with van der Waals surface area (Å²) in [6.45, 7) is 0.575. The topological polar surface area (TPSA) is 32.7 Å². The van der Waals surface area contributed by atoms with E-state index in [1.54, 1.807) is 0 Å². The highest BCUT2D eigenvalue weighted by atomic mass is 79.9. The van der Waals surface area contributed by atoms with Crippen molar-refractivity contribution in [2.45, 2.75) is 32.1 Å². The highest BCUT2D eigenvalue weighted by molar-refractivity contribution is 9.07. The van der Waals surface area contributed by atoms with Gasteiger partial charge in [-0.15, -0.1) is 0 Å². The van der Waals surface area contributed by atoms with Gasteiger partial charge in [0.1, 0.15) is 5.82 Å². The third-order valence-electron chi connectivity index (χ3n) is 4.09. The van der Waals surface area contributed by atoms with Crippen LogP contribution in [0.2, 0.25) is 0 Å². The lowest BCUT2D eigenvalue weighted by molar-refractivity contribution is -0.114. The van der Waals surface area contributed by atoms with Crippen molar-refractivity contribution in [1.29, 1.82) is 0 Å². The van der Waals surface area contributed by atoms with Gasteiger partial charge in [-0.2, -0.15) is 0 Å². The van der Waals surface area contributed by atoms with Crippen LogP contribution in [0.15, 0.2) is 52.8 Å². The average Bonchev–Trinajstić information content (AvgIpc) is 2.54. The Balaban J connectivity index is 1.52. The van der Waals surface area contributed by atoms with Crippen LogP contribution in [-0.4, -0.2) is 22.0 Å². The quantitative estimate of drug-likeness (QED) is 0.565. The van der Waals surface area contributed by atoms with Crippen molar-refractivity contribution in [3.63, 3.8) is 0 Å². The summed E-state index contributed by atoms with van der Waals surface area (Å²) in [5.41, 5.74) is 3.72. The Morgan fingerprint density at radius 1 is 1.17 bits per heavy atom.